The van der Waals surface area contributed by atoms with E-state index in [9.17, 15) is 9.59 Å². The summed E-state index contributed by atoms with van der Waals surface area (Å²) in [5, 5.41) is 3.07. The minimum absolute atomic E-state index is 0.0360. The number of nitrogens with one attached hydrogen (secondary N) is 1. The second-order valence-corrected chi connectivity index (χ2v) is 7.46. The molecule has 2 aromatic carbocycles. The van der Waals surface area contributed by atoms with Gasteiger partial charge in [0.1, 0.15) is 0 Å². The lowest BCUT2D eigenvalue weighted by Crippen LogP contribution is -2.42. The van der Waals surface area contributed by atoms with Crippen molar-refractivity contribution in [3.63, 3.8) is 0 Å². The van der Waals surface area contributed by atoms with Crippen LogP contribution in [0.15, 0.2) is 54.6 Å². The third kappa shape index (κ3) is 6.43. The molecule has 0 radical (unpaired) electrons. The highest BCUT2D eigenvalue weighted by molar-refractivity contribution is 5.78. The predicted octanol–water partition coefficient (Wildman–Crippen LogP) is 3.29. The fourth-order valence-electron chi connectivity index (χ4n) is 3.71. The van der Waals surface area contributed by atoms with Gasteiger partial charge in [-0.2, -0.15) is 0 Å². The van der Waals surface area contributed by atoms with Crippen molar-refractivity contribution in [3.05, 3.63) is 60.2 Å². The maximum Gasteiger partial charge on any atom is 0.320 e. The standard InChI is InChI=1S/C24H30N2O3/c1-2-29-23(27)18-26-16-13-22(14-17-26)24(28)25-15-12-19-8-10-21(11-9-19)20-6-4-3-5-7-20/h3-11,22H,2,12-18H2,1H3,(H,25,28). The maximum atomic E-state index is 12.4. The van der Waals surface area contributed by atoms with Gasteiger partial charge in [-0.05, 0) is 56.0 Å². The molecule has 29 heavy (non-hydrogen) atoms. The first kappa shape index (κ1) is 21.1. The molecule has 0 saturated carbocycles. The molecule has 0 unspecified atom stereocenters. The summed E-state index contributed by atoms with van der Waals surface area (Å²) in [5.41, 5.74) is 3.63. The highest BCUT2D eigenvalue weighted by Gasteiger charge is 2.25. The van der Waals surface area contributed by atoms with Crippen molar-refractivity contribution in [3.8, 4) is 11.1 Å². The summed E-state index contributed by atoms with van der Waals surface area (Å²) >= 11 is 0. The summed E-state index contributed by atoms with van der Waals surface area (Å²) in [5.74, 6) is -0.0238. The Morgan fingerprint density at radius 3 is 2.31 bits per heavy atom. The van der Waals surface area contributed by atoms with Gasteiger partial charge < -0.3 is 10.1 Å². The third-order valence-electron chi connectivity index (χ3n) is 5.39. The zero-order chi connectivity index (χ0) is 20.5. The molecule has 0 bridgehead atoms. The molecule has 1 aliphatic rings. The second-order valence-electron chi connectivity index (χ2n) is 7.46. The number of piperidine rings is 1. The molecule has 5 nitrogen and oxygen atoms in total. The van der Waals surface area contributed by atoms with E-state index >= 15 is 0 Å². The molecule has 154 valence electrons. The molecule has 1 saturated heterocycles. The molecule has 5 heteroatoms. The molecular formula is C24H30N2O3. The Bertz CT molecular complexity index is 782. The van der Waals surface area contributed by atoms with E-state index < -0.39 is 0 Å². The van der Waals surface area contributed by atoms with Crippen LogP contribution in [0.5, 0.6) is 0 Å². The molecule has 0 atom stereocenters. The Hall–Kier alpha value is -2.66. The van der Waals surface area contributed by atoms with Crippen LogP contribution < -0.4 is 5.32 Å². The van der Waals surface area contributed by atoms with E-state index in [1.165, 1.54) is 16.7 Å². The smallest absolute Gasteiger partial charge is 0.320 e. The fraction of sp³-hybridized carbons (Fsp3) is 0.417. The first-order valence-electron chi connectivity index (χ1n) is 10.5. The average molecular weight is 395 g/mol. The maximum absolute atomic E-state index is 12.4. The number of amides is 1. The third-order valence-corrected chi connectivity index (χ3v) is 5.39. The molecule has 1 aliphatic heterocycles. The molecule has 2 aromatic rings. The van der Waals surface area contributed by atoms with Gasteiger partial charge in [0.25, 0.3) is 0 Å². The number of esters is 1. The number of carbonyl (C=O) groups is 2. The van der Waals surface area contributed by atoms with Crippen LogP contribution >= 0.6 is 0 Å². The van der Waals surface area contributed by atoms with E-state index in [0.29, 0.717) is 19.7 Å². The Morgan fingerprint density at radius 2 is 1.66 bits per heavy atom. The van der Waals surface area contributed by atoms with Crippen molar-refractivity contribution in [2.45, 2.75) is 26.2 Å². The fourth-order valence-corrected chi connectivity index (χ4v) is 3.71. The van der Waals surface area contributed by atoms with E-state index in [1.54, 1.807) is 0 Å². The van der Waals surface area contributed by atoms with Gasteiger partial charge in [-0.1, -0.05) is 54.6 Å². The first-order valence-corrected chi connectivity index (χ1v) is 10.5. The van der Waals surface area contributed by atoms with Crippen molar-refractivity contribution in [1.82, 2.24) is 10.2 Å². The topological polar surface area (TPSA) is 58.6 Å². The van der Waals surface area contributed by atoms with Crippen LogP contribution in [0.1, 0.15) is 25.3 Å². The van der Waals surface area contributed by atoms with Gasteiger partial charge >= 0.3 is 5.97 Å². The quantitative estimate of drug-likeness (QED) is 0.698. The average Bonchev–Trinajstić information content (AvgIpc) is 2.75. The molecule has 1 amide bonds. The number of likely N-dealkylation sites (tertiary alicyclic amines) is 1. The lowest BCUT2D eigenvalue weighted by Gasteiger charge is -2.30. The van der Waals surface area contributed by atoms with Gasteiger partial charge in [-0.15, -0.1) is 0 Å². The summed E-state index contributed by atoms with van der Waals surface area (Å²) < 4.78 is 4.99. The SMILES string of the molecule is CCOC(=O)CN1CCC(C(=O)NCCc2ccc(-c3ccccc3)cc2)CC1. The highest BCUT2D eigenvalue weighted by atomic mass is 16.5. The summed E-state index contributed by atoms with van der Waals surface area (Å²) in [7, 11) is 0. The second kappa shape index (κ2) is 10.8. The lowest BCUT2D eigenvalue weighted by molar-refractivity contribution is -0.144. The van der Waals surface area contributed by atoms with Crippen molar-refractivity contribution in [2.75, 3.05) is 32.8 Å². The van der Waals surface area contributed by atoms with Gasteiger partial charge in [-0.3, -0.25) is 14.5 Å². The number of ether oxygens (including phenoxy) is 1. The minimum Gasteiger partial charge on any atom is -0.465 e. The van der Waals surface area contributed by atoms with Crippen LogP contribution in [-0.2, 0) is 20.7 Å². The van der Waals surface area contributed by atoms with E-state index in [4.69, 9.17) is 4.74 Å². The van der Waals surface area contributed by atoms with Crippen LogP contribution in [0.2, 0.25) is 0 Å². The van der Waals surface area contributed by atoms with Crippen LogP contribution in [0.25, 0.3) is 11.1 Å². The molecule has 1 fully saturated rings. The molecule has 1 N–H and O–H groups in total. The highest BCUT2D eigenvalue weighted by Crippen LogP contribution is 2.20. The van der Waals surface area contributed by atoms with E-state index in [-0.39, 0.29) is 17.8 Å². The van der Waals surface area contributed by atoms with E-state index in [2.05, 4.69) is 46.6 Å². The van der Waals surface area contributed by atoms with Crippen molar-refractivity contribution in [1.29, 1.82) is 0 Å². The van der Waals surface area contributed by atoms with Crippen molar-refractivity contribution >= 4 is 11.9 Å². The van der Waals surface area contributed by atoms with Gasteiger partial charge in [0.2, 0.25) is 5.91 Å². The molecule has 3 rings (SSSR count). The minimum atomic E-state index is -0.186. The van der Waals surface area contributed by atoms with E-state index in [1.807, 2.05) is 25.1 Å². The van der Waals surface area contributed by atoms with Crippen molar-refractivity contribution in [2.24, 2.45) is 5.92 Å². The van der Waals surface area contributed by atoms with Gasteiger partial charge in [0, 0.05) is 12.5 Å². The predicted molar refractivity (Wildman–Crippen MR) is 114 cm³/mol. The summed E-state index contributed by atoms with van der Waals surface area (Å²) in [6, 6.07) is 18.8. The Kier molecular flexibility index (Phi) is 7.82. The number of nitrogens with zero attached hydrogens (tertiary/aromatic N) is 1. The Morgan fingerprint density at radius 1 is 1.00 bits per heavy atom. The number of hydrogen-bond donors (Lipinski definition) is 1. The van der Waals surface area contributed by atoms with Crippen molar-refractivity contribution < 1.29 is 14.3 Å². The number of rotatable bonds is 8. The van der Waals surface area contributed by atoms with Crippen LogP contribution in [-0.4, -0.2) is 49.6 Å². The first-order chi connectivity index (χ1) is 14.2. The molecule has 0 aromatic heterocycles. The monoisotopic (exact) mass is 394 g/mol. The number of benzene rings is 2. The largest absolute Gasteiger partial charge is 0.465 e. The molecule has 0 aliphatic carbocycles. The van der Waals surface area contributed by atoms with Gasteiger partial charge in [0.05, 0.1) is 13.2 Å². The summed E-state index contributed by atoms with van der Waals surface area (Å²) in [6.07, 6.45) is 2.40. The summed E-state index contributed by atoms with van der Waals surface area (Å²) in [6.45, 7) is 4.71. The normalized spacial score (nSPS) is 15.1. The Balaban J connectivity index is 1.37. The Labute approximate surface area is 173 Å². The molecular weight excluding hydrogens is 364 g/mol. The van der Waals surface area contributed by atoms with Gasteiger partial charge in [-0.25, -0.2) is 0 Å². The molecule has 1 heterocycles. The lowest BCUT2D eigenvalue weighted by atomic mass is 9.96. The van der Waals surface area contributed by atoms with Crippen LogP contribution in [0.4, 0.5) is 0 Å². The number of carbonyl (C=O) groups excluding carboxylic acids is 2. The molecule has 0 spiro atoms. The summed E-state index contributed by atoms with van der Waals surface area (Å²) in [4.78, 5) is 26.1. The van der Waals surface area contributed by atoms with Crippen LogP contribution in [0.3, 0.4) is 0 Å². The van der Waals surface area contributed by atoms with E-state index in [0.717, 1.165) is 32.4 Å². The zero-order valence-electron chi connectivity index (χ0n) is 17.1. The van der Waals surface area contributed by atoms with Gasteiger partial charge in [0.15, 0.2) is 0 Å². The number of hydrogen-bond acceptors (Lipinski definition) is 4. The van der Waals surface area contributed by atoms with Crippen LogP contribution in [0, 0.1) is 5.92 Å². The zero-order valence-corrected chi connectivity index (χ0v) is 17.1.